The summed E-state index contributed by atoms with van der Waals surface area (Å²) < 4.78 is 5.83. The average Bonchev–Trinajstić information content (AvgIpc) is 3.12. The van der Waals surface area contributed by atoms with E-state index in [9.17, 15) is 0 Å². The van der Waals surface area contributed by atoms with Gasteiger partial charge < -0.3 is 20.7 Å². The number of ether oxygens (including phenoxy) is 1. The molecule has 0 saturated carbocycles. The summed E-state index contributed by atoms with van der Waals surface area (Å²) in [6.07, 6.45) is 9.12. The van der Waals surface area contributed by atoms with Crippen molar-refractivity contribution in [2.24, 2.45) is 11.1 Å². The highest BCUT2D eigenvalue weighted by Gasteiger charge is 2.47. The van der Waals surface area contributed by atoms with Crippen molar-refractivity contribution in [3.05, 3.63) is 54.2 Å². The molecular weight excluding hydrogens is 458 g/mol. The van der Waals surface area contributed by atoms with Gasteiger partial charge in [0.25, 0.3) is 0 Å². The summed E-state index contributed by atoms with van der Waals surface area (Å²) in [6, 6.07) is 7.69. The summed E-state index contributed by atoms with van der Waals surface area (Å²) in [7, 11) is 0. The molecule has 10 heteroatoms. The van der Waals surface area contributed by atoms with Crippen LogP contribution in [0.25, 0.3) is 0 Å². The van der Waals surface area contributed by atoms with E-state index in [2.05, 4.69) is 37.1 Å². The Morgan fingerprint density at radius 2 is 1.97 bits per heavy atom. The lowest BCUT2D eigenvalue weighted by Gasteiger charge is -2.41. The van der Waals surface area contributed by atoms with Gasteiger partial charge >= 0.3 is 0 Å². The lowest BCUT2D eigenvalue weighted by Crippen LogP contribution is -2.50. The standard InChI is InChI=1S/C23H26ClN7OS/c1-15-21(25)23(13-32-15)6-9-31(10-7-23)16-11-27-22(28-12-16)33-18-4-2-3-17(20(18)24)30-19-5-8-26-14-29-19/h2-5,8,11-12,14-15,21H,6-7,9-10,13,25H2,1H3,(H,26,29,30)/t15-,21-/m0/s1. The minimum Gasteiger partial charge on any atom is -0.376 e. The molecule has 0 bridgehead atoms. The maximum Gasteiger partial charge on any atom is 0.192 e. The fourth-order valence-electron chi connectivity index (χ4n) is 4.50. The normalized spacial score (nSPS) is 22.0. The molecule has 0 radical (unpaired) electrons. The van der Waals surface area contributed by atoms with Crippen molar-refractivity contribution >= 4 is 40.6 Å². The van der Waals surface area contributed by atoms with E-state index in [1.165, 1.54) is 18.1 Å². The predicted molar refractivity (Wildman–Crippen MR) is 130 cm³/mol. The topological polar surface area (TPSA) is 102 Å². The van der Waals surface area contributed by atoms with Crippen LogP contribution in [-0.4, -0.2) is 51.8 Å². The van der Waals surface area contributed by atoms with Gasteiger partial charge in [0.15, 0.2) is 5.16 Å². The van der Waals surface area contributed by atoms with Gasteiger partial charge in [-0.25, -0.2) is 19.9 Å². The second-order valence-electron chi connectivity index (χ2n) is 8.55. The van der Waals surface area contributed by atoms with Crippen LogP contribution >= 0.6 is 23.4 Å². The van der Waals surface area contributed by atoms with Gasteiger partial charge in [-0.15, -0.1) is 0 Å². The summed E-state index contributed by atoms with van der Waals surface area (Å²) in [4.78, 5) is 20.5. The molecule has 2 aliphatic heterocycles. The average molecular weight is 484 g/mol. The van der Waals surface area contributed by atoms with Crippen molar-refractivity contribution in [2.45, 2.75) is 42.0 Å². The summed E-state index contributed by atoms with van der Waals surface area (Å²) in [6.45, 7) is 4.70. The van der Waals surface area contributed by atoms with E-state index in [1.54, 1.807) is 12.3 Å². The highest BCUT2D eigenvalue weighted by Crippen LogP contribution is 2.42. The molecule has 8 nitrogen and oxygen atoms in total. The summed E-state index contributed by atoms with van der Waals surface area (Å²) >= 11 is 8.06. The zero-order valence-electron chi connectivity index (χ0n) is 18.3. The molecule has 2 fully saturated rings. The van der Waals surface area contributed by atoms with Crippen LogP contribution < -0.4 is 16.0 Å². The molecular formula is C23H26ClN7OS. The van der Waals surface area contributed by atoms with Crippen LogP contribution in [0, 0.1) is 5.41 Å². The van der Waals surface area contributed by atoms with Gasteiger partial charge in [-0.3, -0.25) is 0 Å². The van der Waals surface area contributed by atoms with E-state index in [0.29, 0.717) is 16.0 Å². The second-order valence-corrected chi connectivity index (χ2v) is 9.94. The van der Waals surface area contributed by atoms with Gasteiger partial charge in [-0.05, 0) is 49.7 Å². The van der Waals surface area contributed by atoms with Crippen LogP contribution in [0.15, 0.2) is 59.2 Å². The Morgan fingerprint density at radius 3 is 2.64 bits per heavy atom. The maximum atomic E-state index is 6.63. The fourth-order valence-corrected chi connectivity index (χ4v) is 5.54. The number of hydrogen-bond donors (Lipinski definition) is 2. The molecule has 172 valence electrons. The van der Waals surface area contributed by atoms with E-state index in [1.807, 2.05) is 30.6 Å². The zero-order valence-corrected chi connectivity index (χ0v) is 19.9. The Morgan fingerprint density at radius 1 is 1.18 bits per heavy atom. The van der Waals surface area contributed by atoms with Crippen molar-refractivity contribution in [3.8, 4) is 0 Å². The van der Waals surface area contributed by atoms with E-state index < -0.39 is 0 Å². The fraction of sp³-hybridized carbons (Fsp3) is 0.391. The third-order valence-corrected chi connectivity index (χ3v) is 8.07. The Labute approximate surface area is 202 Å². The molecule has 2 atom stereocenters. The lowest BCUT2D eigenvalue weighted by atomic mass is 9.73. The zero-order chi connectivity index (χ0) is 22.8. The smallest absolute Gasteiger partial charge is 0.192 e. The second kappa shape index (κ2) is 9.42. The molecule has 0 aliphatic carbocycles. The van der Waals surface area contributed by atoms with Crippen LogP contribution in [0.2, 0.25) is 5.02 Å². The number of benzene rings is 1. The number of piperidine rings is 1. The molecule has 33 heavy (non-hydrogen) atoms. The molecule has 1 aromatic carbocycles. The van der Waals surface area contributed by atoms with Crippen LogP contribution in [-0.2, 0) is 4.74 Å². The van der Waals surface area contributed by atoms with Crippen LogP contribution in [0.5, 0.6) is 0 Å². The summed E-state index contributed by atoms with van der Waals surface area (Å²) in [5.41, 5.74) is 8.34. The summed E-state index contributed by atoms with van der Waals surface area (Å²) in [5.74, 6) is 0.678. The molecule has 2 aromatic heterocycles. The van der Waals surface area contributed by atoms with Gasteiger partial charge in [0, 0.05) is 35.6 Å². The number of hydrogen-bond acceptors (Lipinski definition) is 9. The van der Waals surface area contributed by atoms with Crippen molar-refractivity contribution < 1.29 is 4.74 Å². The van der Waals surface area contributed by atoms with Crippen molar-refractivity contribution in [1.82, 2.24) is 19.9 Å². The number of nitrogens with zero attached hydrogens (tertiary/aromatic N) is 5. The molecule has 2 aliphatic rings. The van der Waals surface area contributed by atoms with Gasteiger partial charge in [0.1, 0.15) is 12.1 Å². The minimum absolute atomic E-state index is 0.105. The Balaban J connectivity index is 1.23. The van der Waals surface area contributed by atoms with E-state index in [4.69, 9.17) is 22.1 Å². The van der Waals surface area contributed by atoms with Gasteiger partial charge in [0.2, 0.25) is 0 Å². The SMILES string of the molecule is C[C@@H]1OCC2(CCN(c3cnc(Sc4cccc(Nc5ccncn5)c4Cl)nc3)CC2)[C@H]1N. The number of aromatic nitrogens is 4. The van der Waals surface area contributed by atoms with E-state index >= 15 is 0 Å². The molecule has 3 N–H and O–H groups in total. The predicted octanol–water partition coefficient (Wildman–Crippen LogP) is 4.15. The first-order valence-electron chi connectivity index (χ1n) is 11.0. The highest BCUT2D eigenvalue weighted by atomic mass is 35.5. The molecule has 5 rings (SSSR count). The summed E-state index contributed by atoms with van der Waals surface area (Å²) in [5, 5.41) is 4.46. The number of nitrogens with one attached hydrogen (secondary N) is 1. The first kappa shape index (κ1) is 22.3. The van der Waals surface area contributed by atoms with Gasteiger partial charge in [-0.2, -0.15) is 0 Å². The third kappa shape index (κ3) is 4.63. The van der Waals surface area contributed by atoms with E-state index in [-0.39, 0.29) is 17.6 Å². The Hall–Kier alpha value is -2.46. The lowest BCUT2D eigenvalue weighted by molar-refractivity contribution is 0.0974. The number of nitrogens with two attached hydrogens (primary N) is 1. The number of anilines is 3. The molecule has 0 amide bonds. The third-order valence-electron chi connectivity index (χ3n) is 6.59. The highest BCUT2D eigenvalue weighted by molar-refractivity contribution is 7.99. The molecule has 1 spiro atoms. The number of rotatable bonds is 5. The molecule has 3 aromatic rings. The van der Waals surface area contributed by atoms with Crippen LogP contribution in [0.1, 0.15) is 19.8 Å². The quantitative estimate of drug-likeness (QED) is 0.518. The molecule has 2 saturated heterocycles. The Bertz CT molecular complexity index is 1090. The largest absolute Gasteiger partial charge is 0.376 e. The molecule has 4 heterocycles. The van der Waals surface area contributed by atoms with Gasteiger partial charge in [-0.1, -0.05) is 17.7 Å². The van der Waals surface area contributed by atoms with Gasteiger partial charge in [0.05, 0.1) is 41.5 Å². The van der Waals surface area contributed by atoms with Crippen molar-refractivity contribution in [2.75, 3.05) is 29.9 Å². The first-order valence-corrected chi connectivity index (χ1v) is 12.2. The minimum atomic E-state index is 0.105. The first-order chi connectivity index (χ1) is 16.0. The molecule has 0 unspecified atom stereocenters. The van der Waals surface area contributed by atoms with Crippen molar-refractivity contribution in [1.29, 1.82) is 0 Å². The van der Waals surface area contributed by atoms with E-state index in [0.717, 1.165) is 48.8 Å². The Kier molecular flexibility index (Phi) is 6.38. The van der Waals surface area contributed by atoms with Crippen molar-refractivity contribution in [3.63, 3.8) is 0 Å². The number of halogens is 1. The monoisotopic (exact) mass is 483 g/mol. The van der Waals surface area contributed by atoms with Crippen LogP contribution in [0.4, 0.5) is 17.2 Å². The van der Waals surface area contributed by atoms with Crippen LogP contribution in [0.3, 0.4) is 0 Å². The maximum absolute atomic E-state index is 6.63.